The van der Waals surface area contributed by atoms with Gasteiger partial charge >= 0.3 is 11.9 Å². The molecular formula is C19H16O9. The van der Waals surface area contributed by atoms with E-state index in [0.29, 0.717) is 5.56 Å². The third kappa shape index (κ3) is 2.23. The maximum Gasteiger partial charge on any atom is 0.347 e. The molecule has 0 spiro atoms. The van der Waals surface area contributed by atoms with Crippen LogP contribution < -0.4 is 14.2 Å². The molecule has 0 amide bonds. The van der Waals surface area contributed by atoms with Gasteiger partial charge in [0.15, 0.2) is 23.0 Å². The number of hydrogen-bond donors (Lipinski definition) is 2. The van der Waals surface area contributed by atoms with E-state index < -0.39 is 29.7 Å². The molecule has 146 valence electrons. The Balaban J connectivity index is 2.07. The molecule has 0 saturated carbocycles. The largest absolute Gasteiger partial charge is 0.507 e. The van der Waals surface area contributed by atoms with E-state index in [4.69, 9.17) is 23.7 Å². The molecule has 0 bridgehead atoms. The van der Waals surface area contributed by atoms with Crippen molar-refractivity contribution in [1.82, 2.24) is 0 Å². The second-order valence-electron chi connectivity index (χ2n) is 6.33. The van der Waals surface area contributed by atoms with Gasteiger partial charge in [0, 0.05) is 12.7 Å². The second-order valence-corrected chi connectivity index (χ2v) is 6.33. The Kier molecular flexibility index (Phi) is 3.86. The molecule has 0 aromatic heterocycles. The van der Waals surface area contributed by atoms with E-state index in [2.05, 4.69) is 0 Å². The van der Waals surface area contributed by atoms with Crippen LogP contribution in [0.4, 0.5) is 0 Å². The molecule has 9 heteroatoms. The van der Waals surface area contributed by atoms with E-state index in [1.54, 1.807) is 6.92 Å². The Bertz CT molecular complexity index is 1050. The molecule has 4 rings (SSSR count). The molecule has 2 aliphatic rings. The highest BCUT2D eigenvalue weighted by atomic mass is 16.7. The maximum absolute atomic E-state index is 12.8. The van der Waals surface area contributed by atoms with Gasteiger partial charge in [0.05, 0.1) is 12.7 Å². The zero-order valence-corrected chi connectivity index (χ0v) is 15.4. The number of esters is 2. The number of ether oxygens (including phenoxy) is 5. The maximum atomic E-state index is 12.8. The van der Waals surface area contributed by atoms with E-state index in [1.807, 2.05) is 0 Å². The van der Waals surface area contributed by atoms with Crippen LogP contribution in [0.2, 0.25) is 0 Å². The van der Waals surface area contributed by atoms with Gasteiger partial charge in [-0.15, -0.1) is 0 Å². The number of aryl methyl sites for hydroxylation is 1. The fourth-order valence-corrected chi connectivity index (χ4v) is 3.37. The molecule has 0 radical (unpaired) electrons. The summed E-state index contributed by atoms with van der Waals surface area (Å²) in [4.78, 5) is 25.0. The van der Waals surface area contributed by atoms with Crippen molar-refractivity contribution in [3.8, 4) is 34.5 Å². The summed E-state index contributed by atoms with van der Waals surface area (Å²) in [5.74, 6) is -2.70. The lowest BCUT2D eigenvalue weighted by atomic mass is 10.0. The van der Waals surface area contributed by atoms with Crippen LogP contribution in [0.5, 0.6) is 34.5 Å². The summed E-state index contributed by atoms with van der Waals surface area (Å²) in [5.41, 5.74) is 0.443. The van der Waals surface area contributed by atoms with E-state index in [1.165, 1.54) is 27.2 Å². The fraction of sp³-hybridized carbons (Fsp3) is 0.263. The molecular weight excluding hydrogens is 372 g/mol. The van der Waals surface area contributed by atoms with Gasteiger partial charge < -0.3 is 33.9 Å². The third-order valence-electron chi connectivity index (χ3n) is 4.76. The number of methoxy groups -OCH3 is 2. The van der Waals surface area contributed by atoms with E-state index in [9.17, 15) is 19.8 Å². The highest BCUT2D eigenvalue weighted by molar-refractivity contribution is 6.02. The van der Waals surface area contributed by atoms with E-state index >= 15 is 0 Å². The molecule has 0 aliphatic carbocycles. The fourth-order valence-electron chi connectivity index (χ4n) is 3.37. The van der Waals surface area contributed by atoms with Crippen LogP contribution in [0, 0.1) is 13.8 Å². The summed E-state index contributed by atoms with van der Waals surface area (Å²) in [6, 6.07) is 1.47. The minimum atomic E-state index is -1.18. The van der Waals surface area contributed by atoms with Crippen molar-refractivity contribution >= 4 is 11.9 Å². The van der Waals surface area contributed by atoms with Crippen molar-refractivity contribution in [1.29, 1.82) is 0 Å². The van der Waals surface area contributed by atoms with Crippen LogP contribution in [0.15, 0.2) is 6.07 Å². The standard InChI is InChI=1S/C19H16O9/c1-6-5-8(24-3)13(21)15-9(6)17(22)27-14-7(2)12(20)10-11(16(14)26-15)19(25-4)28-18(10)23/h5,19-21H,1-4H3. The van der Waals surface area contributed by atoms with Crippen molar-refractivity contribution in [3.05, 3.63) is 33.9 Å². The molecule has 1 unspecified atom stereocenters. The quantitative estimate of drug-likeness (QED) is 0.591. The van der Waals surface area contributed by atoms with Crippen molar-refractivity contribution in [2.75, 3.05) is 14.2 Å². The van der Waals surface area contributed by atoms with Gasteiger partial charge in [-0.3, -0.25) is 0 Å². The zero-order valence-electron chi connectivity index (χ0n) is 15.4. The van der Waals surface area contributed by atoms with E-state index in [0.717, 1.165) is 0 Å². The molecule has 2 heterocycles. The first-order valence-corrected chi connectivity index (χ1v) is 8.23. The van der Waals surface area contributed by atoms with Crippen molar-refractivity contribution in [2.45, 2.75) is 20.1 Å². The number of cyclic esters (lactones) is 1. The van der Waals surface area contributed by atoms with Gasteiger partial charge in [-0.25, -0.2) is 9.59 Å². The Labute approximate surface area is 159 Å². The Morgan fingerprint density at radius 1 is 0.929 bits per heavy atom. The highest BCUT2D eigenvalue weighted by Crippen LogP contribution is 2.55. The smallest absolute Gasteiger partial charge is 0.347 e. The minimum Gasteiger partial charge on any atom is -0.507 e. The number of carbonyl (C=O) groups excluding carboxylic acids is 2. The van der Waals surface area contributed by atoms with Gasteiger partial charge in [0.1, 0.15) is 16.9 Å². The Morgan fingerprint density at radius 3 is 2.29 bits per heavy atom. The lowest BCUT2D eigenvalue weighted by Gasteiger charge is -2.17. The Hall–Kier alpha value is -3.46. The average Bonchev–Trinajstić information content (AvgIpc) is 2.91. The summed E-state index contributed by atoms with van der Waals surface area (Å²) in [7, 11) is 2.66. The molecule has 0 fully saturated rings. The summed E-state index contributed by atoms with van der Waals surface area (Å²) in [6.45, 7) is 3.09. The first-order chi connectivity index (χ1) is 13.3. The number of aromatic hydroxyl groups is 2. The lowest BCUT2D eigenvalue weighted by Crippen LogP contribution is -2.10. The van der Waals surface area contributed by atoms with Gasteiger partial charge in [-0.05, 0) is 25.5 Å². The Morgan fingerprint density at radius 2 is 1.64 bits per heavy atom. The van der Waals surface area contributed by atoms with Crippen molar-refractivity contribution in [3.63, 3.8) is 0 Å². The lowest BCUT2D eigenvalue weighted by molar-refractivity contribution is -0.0823. The molecule has 2 aromatic carbocycles. The topological polar surface area (TPSA) is 121 Å². The van der Waals surface area contributed by atoms with Crippen molar-refractivity contribution < 1.29 is 43.5 Å². The SMILES string of the molecule is COc1cc(C)c2c(c1O)Oc1c(c(C)c(O)c3c1C(OC)OC3=O)OC2=O. The number of carbonyl (C=O) groups is 2. The molecule has 9 nitrogen and oxygen atoms in total. The number of rotatable bonds is 2. The normalized spacial score (nSPS) is 16.9. The number of phenols is 2. The molecule has 2 aliphatic heterocycles. The molecule has 28 heavy (non-hydrogen) atoms. The van der Waals surface area contributed by atoms with Crippen LogP contribution >= 0.6 is 0 Å². The highest BCUT2D eigenvalue weighted by Gasteiger charge is 2.43. The third-order valence-corrected chi connectivity index (χ3v) is 4.76. The van der Waals surface area contributed by atoms with Gasteiger partial charge in [0.25, 0.3) is 0 Å². The first kappa shape index (κ1) is 17.9. The van der Waals surface area contributed by atoms with Crippen LogP contribution in [-0.2, 0) is 9.47 Å². The molecule has 0 saturated heterocycles. The average molecular weight is 388 g/mol. The van der Waals surface area contributed by atoms with Crippen LogP contribution in [0.25, 0.3) is 0 Å². The summed E-state index contributed by atoms with van der Waals surface area (Å²) in [6.07, 6.45) is -1.18. The number of hydrogen-bond acceptors (Lipinski definition) is 9. The predicted octanol–water partition coefficient (Wildman–Crippen LogP) is 2.86. The number of phenolic OH excluding ortho intramolecular Hbond substituents is 2. The van der Waals surface area contributed by atoms with Crippen LogP contribution in [0.1, 0.15) is 43.7 Å². The second kappa shape index (κ2) is 6.03. The monoisotopic (exact) mass is 388 g/mol. The van der Waals surface area contributed by atoms with Gasteiger partial charge in [0.2, 0.25) is 12.0 Å². The van der Waals surface area contributed by atoms with Crippen molar-refractivity contribution in [2.24, 2.45) is 0 Å². The van der Waals surface area contributed by atoms with Crippen LogP contribution in [-0.4, -0.2) is 36.4 Å². The number of benzene rings is 2. The number of fused-ring (bicyclic) bond motifs is 4. The predicted molar refractivity (Wildman–Crippen MR) is 92.4 cm³/mol. The molecule has 1 atom stereocenters. The van der Waals surface area contributed by atoms with Gasteiger partial charge in [-0.2, -0.15) is 0 Å². The first-order valence-electron chi connectivity index (χ1n) is 8.23. The minimum absolute atomic E-state index is 0.0126. The van der Waals surface area contributed by atoms with Crippen LogP contribution in [0.3, 0.4) is 0 Å². The zero-order chi connectivity index (χ0) is 20.3. The summed E-state index contributed by atoms with van der Waals surface area (Å²) in [5, 5.41) is 21.0. The summed E-state index contributed by atoms with van der Waals surface area (Å²) < 4.78 is 26.7. The van der Waals surface area contributed by atoms with Gasteiger partial charge in [-0.1, -0.05) is 0 Å². The molecule has 2 aromatic rings. The molecule has 2 N–H and O–H groups in total. The van der Waals surface area contributed by atoms with E-state index in [-0.39, 0.29) is 45.3 Å². The summed E-state index contributed by atoms with van der Waals surface area (Å²) >= 11 is 0.